The first-order valence-corrected chi connectivity index (χ1v) is 7.72. The van der Waals surface area contributed by atoms with Gasteiger partial charge in [0.1, 0.15) is 0 Å². The second-order valence-corrected chi connectivity index (χ2v) is 5.88. The van der Waals surface area contributed by atoms with E-state index in [1.807, 2.05) is 12.3 Å². The first kappa shape index (κ1) is 14.0. The fourth-order valence-electron chi connectivity index (χ4n) is 3.02. The Morgan fingerprint density at radius 2 is 2.00 bits per heavy atom. The van der Waals surface area contributed by atoms with E-state index in [4.69, 9.17) is 0 Å². The first-order valence-electron chi connectivity index (χ1n) is 7.72. The van der Waals surface area contributed by atoms with Crippen LogP contribution in [0.15, 0.2) is 24.4 Å². The summed E-state index contributed by atoms with van der Waals surface area (Å²) in [5.74, 6) is 1.10. The van der Waals surface area contributed by atoms with E-state index in [-0.39, 0.29) is 0 Å². The molecule has 0 aliphatic carbocycles. The van der Waals surface area contributed by atoms with Crippen molar-refractivity contribution in [3.63, 3.8) is 0 Å². The predicted octanol–water partition coefficient (Wildman–Crippen LogP) is 3.25. The van der Waals surface area contributed by atoms with Gasteiger partial charge in [0.15, 0.2) is 5.82 Å². The van der Waals surface area contributed by atoms with Crippen LogP contribution in [-0.2, 0) is 13.6 Å². The van der Waals surface area contributed by atoms with Crippen LogP contribution >= 0.6 is 0 Å². The van der Waals surface area contributed by atoms with Crippen LogP contribution < -0.4 is 10.2 Å². The van der Waals surface area contributed by atoms with Crippen LogP contribution in [-0.4, -0.2) is 22.6 Å². The number of anilines is 2. The van der Waals surface area contributed by atoms with Crippen molar-refractivity contribution >= 4 is 11.5 Å². The molecular formula is C17H24N4. The minimum absolute atomic E-state index is 0.847. The number of aryl methyl sites for hydroxylation is 1. The number of rotatable bonds is 4. The van der Waals surface area contributed by atoms with Gasteiger partial charge in [0.25, 0.3) is 0 Å². The topological polar surface area (TPSA) is 33.1 Å². The van der Waals surface area contributed by atoms with Gasteiger partial charge in [-0.3, -0.25) is 0 Å². The molecule has 4 heteroatoms. The molecule has 4 nitrogen and oxygen atoms in total. The fourth-order valence-corrected chi connectivity index (χ4v) is 3.02. The molecule has 1 fully saturated rings. The van der Waals surface area contributed by atoms with Gasteiger partial charge in [-0.2, -0.15) is 0 Å². The highest BCUT2D eigenvalue weighted by Crippen LogP contribution is 2.27. The van der Waals surface area contributed by atoms with Crippen molar-refractivity contribution in [2.45, 2.75) is 33.2 Å². The SMILES string of the molecule is Cc1cc(CNc2cccnc2N2CCCC2)c(C)n1C. The molecule has 1 aliphatic heterocycles. The number of hydrogen-bond acceptors (Lipinski definition) is 3. The summed E-state index contributed by atoms with van der Waals surface area (Å²) >= 11 is 0. The van der Waals surface area contributed by atoms with Gasteiger partial charge in [0.05, 0.1) is 5.69 Å². The van der Waals surface area contributed by atoms with Gasteiger partial charge in [-0.05, 0) is 50.5 Å². The molecule has 0 atom stereocenters. The molecule has 0 bridgehead atoms. The van der Waals surface area contributed by atoms with E-state index in [9.17, 15) is 0 Å². The lowest BCUT2D eigenvalue weighted by Gasteiger charge is -2.20. The second-order valence-electron chi connectivity index (χ2n) is 5.88. The highest BCUT2D eigenvalue weighted by molar-refractivity contribution is 5.65. The zero-order chi connectivity index (χ0) is 14.8. The Bertz CT molecular complexity index is 624. The van der Waals surface area contributed by atoms with Gasteiger partial charge >= 0.3 is 0 Å². The van der Waals surface area contributed by atoms with Crippen LogP contribution in [0.25, 0.3) is 0 Å². The van der Waals surface area contributed by atoms with Crippen molar-refractivity contribution in [3.05, 3.63) is 41.3 Å². The molecule has 1 aliphatic rings. The lowest BCUT2D eigenvalue weighted by Crippen LogP contribution is -2.20. The van der Waals surface area contributed by atoms with E-state index in [1.54, 1.807) is 0 Å². The lowest BCUT2D eigenvalue weighted by atomic mass is 10.2. The molecule has 0 saturated carbocycles. The van der Waals surface area contributed by atoms with Gasteiger partial charge in [0, 0.05) is 44.3 Å². The van der Waals surface area contributed by atoms with Crippen molar-refractivity contribution in [3.8, 4) is 0 Å². The Morgan fingerprint density at radius 1 is 1.24 bits per heavy atom. The zero-order valence-corrected chi connectivity index (χ0v) is 13.2. The zero-order valence-electron chi connectivity index (χ0n) is 13.2. The van der Waals surface area contributed by atoms with Gasteiger partial charge < -0.3 is 14.8 Å². The quantitative estimate of drug-likeness (QED) is 0.935. The highest BCUT2D eigenvalue weighted by Gasteiger charge is 2.17. The number of hydrogen-bond donors (Lipinski definition) is 1. The van der Waals surface area contributed by atoms with Crippen molar-refractivity contribution < 1.29 is 0 Å². The minimum Gasteiger partial charge on any atom is -0.378 e. The fraction of sp³-hybridized carbons (Fsp3) is 0.471. The van der Waals surface area contributed by atoms with Gasteiger partial charge in [-0.1, -0.05) is 0 Å². The Labute approximate surface area is 126 Å². The third kappa shape index (κ3) is 2.75. The smallest absolute Gasteiger partial charge is 0.151 e. The van der Waals surface area contributed by atoms with Crippen LogP contribution in [0.2, 0.25) is 0 Å². The molecular weight excluding hydrogens is 260 g/mol. The van der Waals surface area contributed by atoms with Gasteiger partial charge in [-0.25, -0.2) is 4.98 Å². The Kier molecular flexibility index (Phi) is 3.86. The lowest BCUT2D eigenvalue weighted by molar-refractivity contribution is 0.836. The first-order chi connectivity index (χ1) is 10.2. The normalized spacial score (nSPS) is 14.7. The average molecular weight is 284 g/mol. The predicted molar refractivity (Wildman–Crippen MR) is 87.9 cm³/mol. The molecule has 0 radical (unpaired) electrons. The summed E-state index contributed by atoms with van der Waals surface area (Å²) in [5.41, 5.74) is 5.12. The summed E-state index contributed by atoms with van der Waals surface area (Å²) in [7, 11) is 2.12. The van der Waals surface area contributed by atoms with Gasteiger partial charge in [-0.15, -0.1) is 0 Å². The van der Waals surface area contributed by atoms with E-state index < -0.39 is 0 Å². The molecule has 2 aromatic heterocycles. The third-order valence-corrected chi connectivity index (χ3v) is 4.54. The molecule has 112 valence electrons. The largest absolute Gasteiger partial charge is 0.378 e. The molecule has 3 rings (SSSR count). The minimum atomic E-state index is 0.847. The standard InChI is InChI=1S/C17H24N4/c1-13-11-15(14(2)20(13)3)12-19-16-7-6-8-18-17(16)21-9-4-5-10-21/h6-8,11,19H,4-5,9-10,12H2,1-3H3. The Balaban J connectivity index is 1.77. The number of pyridine rings is 1. The van der Waals surface area contributed by atoms with Crippen molar-refractivity contribution in [1.82, 2.24) is 9.55 Å². The number of nitrogens with zero attached hydrogens (tertiary/aromatic N) is 3. The van der Waals surface area contributed by atoms with E-state index >= 15 is 0 Å². The van der Waals surface area contributed by atoms with E-state index in [0.29, 0.717) is 0 Å². The van der Waals surface area contributed by atoms with Crippen LogP contribution in [0.3, 0.4) is 0 Å². The van der Waals surface area contributed by atoms with E-state index in [0.717, 1.165) is 31.1 Å². The van der Waals surface area contributed by atoms with Crippen molar-refractivity contribution in [2.24, 2.45) is 7.05 Å². The maximum absolute atomic E-state index is 4.58. The van der Waals surface area contributed by atoms with E-state index in [2.05, 4.69) is 52.8 Å². The molecule has 0 aromatic carbocycles. The summed E-state index contributed by atoms with van der Waals surface area (Å²) in [6, 6.07) is 6.39. The number of nitrogens with one attached hydrogen (secondary N) is 1. The molecule has 0 unspecified atom stereocenters. The molecule has 21 heavy (non-hydrogen) atoms. The third-order valence-electron chi connectivity index (χ3n) is 4.54. The molecule has 1 N–H and O–H groups in total. The summed E-state index contributed by atoms with van der Waals surface area (Å²) in [5, 5.41) is 3.57. The molecule has 0 amide bonds. The summed E-state index contributed by atoms with van der Waals surface area (Å²) in [6.45, 7) is 7.41. The summed E-state index contributed by atoms with van der Waals surface area (Å²) in [4.78, 5) is 6.96. The molecule has 1 saturated heterocycles. The highest BCUT2D eigenvalue weighted by atomic mass is 15.2. The summed E-state index contributed by atoms with van der Waals surface area (Å²) in [6.07, 6.45) is 4.43. The maximum Gasteiger partial charge on any atom is 0.151 e. The van der Waals surface area contributed by atoms with Crippen LogP contribution in [0, 0.1) is 13.8 Å². The van der Waals surface area contributed by atoms with Crippen LogP contribution in [0.5, 0.6) is 0 Å². The van der Waals surface area contributed by atoms with Crippen LogP contribution in [0.1, 0.15) is 29.8 Å². The van der Waals surface area contributed by atoms with E-state index in [1.165, 1.54) is 29.8 Å². The average Bonchev–Trinajstić information content (AvgIpc) is 3.11. The molecule has 3 heterocycles. The second kappa shape index (κ2) is 5.80. The summed E-state index contributed by atoms with van der Waals surface area (Å²) < 4.78 is 2.24. The number of aromatic nitrogens is 2. The Morgan fingerprint density at radius 3 is 2.67 bits per heavy atom. The van der Waals surface area contributed by atoms with Crippen molar-refractivity contribution in [1.29, 1.82) is 0 Å². The van der Waals surface area contributed by atoms with Gasteiger partial charge in [0.2, 0.25) is 0 Å². The monoisotopic (exact) mass is 284 g/mol. The van der Waals surface area contributed by atoms with Crippen LogP contribution in [0.4, 0.5) is 11.5 Å². The Hall–Kier alpha value is -1.97. The molecule has 0 spiro atoms. The maximum atomic E-state index is 4.58. The van der Waals surface area contributed by atoms with Crippen molar-refractivity contribution in [2.75, 3.05) is 23.3 Å². The molecule has 2 aromatic rings.